The molecule has 7 heteroatoms. The number of carbonyl (C=O) groups is 2. The molecule has 2 aromatic heterocycles. The van der Waals surface area contributed by atoms with Gasteiger partial charge in [-0.2, -0.15) is 11.3 Å². The zero-order chi connectivity index (χ0) is 16.4. The van der Waals surface area contributed by atoms with Gasteiger partial charge in [0.2, 0.25) is 11.8 Å². The van der Waals surface area contributed by atoms with Crippen LogP contribution >= 0.6 is 11.3 Å². The van der Waals surface area contributed by atoms with Crippen LogP contribution in [0.4, 0.5) is 0 Å². The molecule has 1 N–H and O–H groups in total. The van der Waals surface area contributed by atoms with E-state index in [1.807, 2.05) is 16.8 Å². The molecule has 0 aliphatic carbocycles. The van der Waals surface area contributed by atoms with Crippen molar-refractivity contribution in [1.29, 1.82) is 0 Å². The third kappa shape index (κ3) is 3.44. The fourth-order valence-corrected chi connectivity index (χ4v) is 3.39. The summed E-state index contributed by atoms with van der Waals surface area (Å²) in [6.45, 7) is 2.68. The highest BCUT2D eigenvalue weighted by Gasteiger charge is 2.28. The van der Waals surface area contributed by atoms with Crippen LogP contribution in [0.3, 0.4) is 0 Å². The van der Waals surface area contributed by atoms with Crippen molar-refractivity contribution < 1.29 is 19.1 Å². The number of piperidine rings is 1. The van der Waals surface area contributed by atoms with Gasteiger partial charge in [-0.1, -0.05) is 0 Å². The lowest BCUT2D eigenvalue weighted by molar-refractivity contribution is -0.145. The van der Waals surface area contributed by atoms with E-state index in [1.54, 1.807) is 23.2 Å². The van der Waals surface area contributed by atoms with Gasteiger partial charge in [0.25, 0.3) is 0 Å². The normalized spacial score (nSPS) is 18.1. The minimum absolute atomic E-state index is 0.0933. The molecule has 1 saturated heterocycles. The number of likely N-dealkylation sites (tertiary alicyclic amines) is 1. The molecule has 0 aromatic carbocycles. The predicted molar refractivity (Wildman–Crippen MR) is 85.2 cm³/mol. The van der Waals surface area contributed by atoms with E-state index in [1.165, 1.54) is 0 Å². The lowest BCUT2D eigenvalue weighted by Crippen LogP contribution is -2.43. The number of hydrogen-bond donors (Lipinski definition) is 1. The minimum atomic E-state index is -0.833. The monoisotopic (exact) mass is 334 g/mol. The summed E-state index contributed by atoms with van der Waals surface area (Å²) in [4.78, 5) is 29.6. The van der Waals surface area contributed by atoms with Gasteiger partial charge in [0, 0.05) is 24.0 Å². The lowest BCUT2D eigenvalue weighted by atomic mass is 9.98. The first kappa shape index (κ1) is 15.7. The molecule has 3 heterocycles. The highest BCUT2D eigenvalue weighted by molar-refractivity contribution is 7.08. The summed E-state index contributed by atoms with van der Waals surface area (Å²) in [7, 11) is 0. The Morgan fingerprint density at radius 2 is 2.35 bits per heavy atom. The molecule has 0 bridgehead atoms. The molecule has 1 aliphatic rings. The van der Waals surface area contributed by atoms with E-state index >= 15 is 0 Å². The number of hydrogen-bond acceptors (Lipinski definition) is 5. The number of aliphatic carboxylic acids is 1. The topological polar surface area (TPSA) is 83.6 Å². The second-order valence-corrected chi connectivity index (χ2v) is 6.51. The van der Waals surface area contributed by atoms with Crippen molar-refractivity contribution in [3.8, 4) is 11.5 Å². The van der Waals surface area contributed by atoms with Crippen molar-refractivity contribution in [2.24, 2.45) is 5.92 Å². The van der Waals surface area contributed by atoms with Gasteiger partial charge in [-0.3, -0.25) is 9.59 Å². The maximum atomic E-state index is 12.4. The molecule has 1 fully saturated rings. The van der Waals surface area contributed by atoms with E-state index in [9.17, 15) is 9.59 Å². The Bertz CT molecular complexity index is 708. The first-order valence-corrected chi connectivity index (χ1v) is 8.48. The predicted octanol–water partition coefficient (Wildman–Crippen LogP) is 2.58. The van der Waals surface area contributed by atoms with E-state index in [2.05, 4.69) is 4.98 Å². The van der Waals surface area contributed by atoms with E-state index < -0.39 is 11.9 Å². The molecule has 1 aliphatic heterocycles. The maximum Gasteiger partial charge on any atom is 0.308 e. The van der Waals surface area contributed by atoms with Crippen molar-refractivity contribution in [2.75, 3.05) is 13.1 Å². The van der Waals surface area contributed by atoms with Crippen LogP contribution in [0, 0.1) is 12.8 Å². The summed E-state index contributed by atoms with van der Waals surface area (Å²) in [5.74, 6) is -0.239. The number of nitrogens with zero attached hydrogens (tertiary/aromatic N) is 2. The Morgan fingerprint density at radius 1 is 1.52 bits per heavy atom. The van der Waals surface area contributed by atoms with E-state index in [0.717, 1.165) is 12.0 Å². The van der Waals surface area contributed by atoms with Gasteiger partial charge in [-0.05, 0) is 31.2 Å². The van der Waals surface area contributed by atoms with Crippen LogP contribution in [-0.2, 0) is 16.0 Å². The molecule has 0 spiro atoms. The molecule has 23 heavy (non-hydrogen) atoms. The SMILES string of the molecule is Cc1oc(-c2ccsc2)nc1CC(=O)N1CCCC(C(=O)O)C1. The maximum absolute atomic E-state index is 12.4. The van der Waals surface area contributed by atoms with Gasteiger partial charge in [0.05, 0.1) is 18.0 Å². The summed E-state index contributed by atoms with van der Waals surface area (Å²) in [5, 5.41) is 13.0. The molecule has 1 unspecified atom stereocenters. The number of thiophene rings is 1. The third-order valence-electron chi connectivity index (χ3n) is 4.10. The molecule has 1 atom stereocenters. The van der Waals surface area contributed by atoms with Crippen molar-refractivity contribution in [2.45, 2.75) is 26.2 Å². The van der Waals surface area contributed by atoms with E-state index in [-0.39, 0.29) is 18.9 Å². The lowest BCUT2D eigenvalue weighted by Gasteiger charge is -2.30. The van der Waals surface area contributed by atoms with Crippen LogP contribution < -0.4 is 0 Å². The van der Waals surface area contributed by atoms with Crippen molar-refractivity contribution in [1.82, 2.24) is 9.88 Å². The molecular formula is C16H18N2O4S. The van der Waals surface area contributed by atoms with E-state index in [0.29, 0.717) is 30.3 Å². The third-order valence-corrected chi connectivity index (χ3v) is 4.79. The zero-order valence-electron chi connectivity index (χ0n) is 12.8. The average Bonchev–Trinajstić information content (AvgIpc) is 3.18. The first-order chi connectivity index (χ1) is 11.0. The average molecular weight is 334 g/mol. The Morgan fingerprint density at radius 3 is 3.04 bits per heavy atom. The smallest absolute Gasteiger partial charge is 0.308 e. The number of aryl methyl sites for hydroxylation is 1. The summed E-state index contributed by atoms with van der Waals surface area (Å²) in [6, 6.07) is 1.92. The first-order valence-electron chi connectivity index (χ1n) is 7.54. The van der Waals surface area contributed by atoms with Crippen LogP contribution in [-0.4, -0.2) is 40.0 Å². The Labute approximate surface area is 137 Å². The van der Waals surface area contributed by atoms with Gasteiger partial charge in [-0.15, -0.1) is 0 Å². The number of aromatic nitrogens is 1. The van der Waals surface area contributed by atoms with Gasteiger partial charge in [0.1, 0.15) is 5.76 Å². The minimum Gasteiger partial charge on any atom is -0.481 e. The number of oxazole rings is 1. The van der Waals surface area contributed by atoms with Crippen LogP contribution in [0.15, 0.2) is 21.2 Å². The molecule has 6 nitrogen and oxygen atoms in total. The van der Waals surface area contributed by atoms with Crippen LogP contribution in [0.1, 0.15) is 24.3 Å². The van der Waals surface area contributed by atoms with Gasteiger partial charge in [0.15, 0.2) is 0 Å². The van der Waals surface area contributed by atoms with Crippen molar-refractivity contribution in [3.05, 3.63) is 28.3 Å². The van der Waals surface area contributed by atoms with Crippen LogP contribution in [0.5, 0.6) is 0 Å². The quantitative estimate of drug-likeness (QED) is 0.929. The van der Waals surface area contributed by atoms with Crippen molar-refractivity contribution in [3.63, 3.8) is 0 Å². The van der Waals surface area contributed by atoms with Crippen LogP contribution in [0.2, 0.25) is 0 Å². The summed E-state index contributed by atoms with van der Waals surface area (Å²) in [5.41, 5.74) is 1.52. The van der Waals surface area contributed by atoms with Gasteiger partial charge >= 0.3 is 5.97 Å². The highest BCUT2D eigenvalue weighted by Crippen LogP contribution is 2.25. The summed E-state index contributed by atoms with van der Waals surface area (Å²) < 4.78 is 5.64. The van der Waals surface area contributed by atoms with E-state index in [4.69, 9.17) is 9.52 Å². The summed E-state index contributed by atoms with van der Waals surface area (Å²) >= 11 is 1.56. The van der Waals surface area contributed by atoms with Crippen LogP contribution in [0.25, 0.3) is 11.5 Å². The molecular weight excluding hydrogens is 316 g/mol. The number of carboxylic acids is 1. The summed E-state index contributed by atoms with van der Waals surface area (Å²) in [6.07, 6.45) is 1.50. The second-order valence-electron chi connectivity index (χ2n) is 5.73. The van der Waals surface area contributed by atoms with Gasteiger partial charge in [-0.25, -0.2) is 4.98 Å². The fourth-order valence-electron chi connectivity index (χ4n) is 2.76. The molecule has 2 aromatic rings. The Kier molecular flexibility index (Phi) is 4.47. The Balaban J connectivity index is 1.69. The molecule has 3 rings (SSSR count). The zero-order valence-corrected chi connectivity index (χ0v) is 13.6. The fraction of sp³-hybridized carbons (Fsp3) is 0.438. The number of carbonyl (C=O) groups excluding carboxylic acids is 1. The highest BCUT2D eigenvalue weighted by atomic mass is 32.1. The molecule has 122 valence electrons. The largest absolute Gasteiger partial charge is 0.481 e. The number of amides is 1. The second kappa shape index (κ2) is 6.54. The van der Waals surface area contributed by atoms with Crippen molar-refractivity contribution >= 4 is 23.2 Å². The Hall–Kier alpha value is -2.15. The molecule has 1 amide bonds. The number of rotatable bonds is 4. The molecule has 0 radical (unpaired) electrons. The number of carboxylic acid groups (broad SMARTS) is 1. The molecule has 0 saturated carbocycles. The van der Waals surface area contributed by atoms with Gasteiger partial charge < -0.3 is 14.4 Å². The standard InChI is InChI=1S/C16H18N2O4S/c1-10-13(17-15(22-10)12-4-6-23-9-12)7-14(19)18-5-2-3-11(8-18)16(20)21/h4,6,9,11H,2-3,5,7-8H2,1H3,(H,20,21).